The van der Waals surface area contributed by atoms with Crippen molar-refractivity contribution in [3.63, 3.8) is 0 Å². The maximum atomic E-state index is 5.74. The Hall–Kier alpha value is -0.380. The smallest absolute Gasteiger partial charge is 0.0331 e. The summed E-state index contributed by atoms with van der Waals surface area (Å²) in [5, 5.41) is 0. The van der Waals surface area contributed by atoms with Gasteiger partial charge in [0.15, 0.2) is 0 Å². The Morgan fingerprint density at radius 2 is 2.00 bits per heavy atom. The molecule has 0 amide bonds. The maximum absolute atomic E-state index is 5.74. The first-order valence-electron chi connectivity index (χ1n) is 6.85. The lowest BCUT2D eigenvalue weighted by Gasteiger charge is -2.27. The summed E-state index contributed by atoms with van der Waals surface area (Å²) in [5.74, 6) is 0. The van der Waals surface area contributed by atoms with E-state index < -0.39 is 0 Å². The van der Waals surface area contributed by atoms with Gasteiger partial charge < -0.3 is 5.73 Å². The molecule has 1 heterocycles. The summed E-state index contributed by atoms with van der Waals surface area (Å²) in [6.45, 7) is 5.16. The van der Waals surface area contributed by atoms with Gasteiger partial charge in [-0.3, -0.25) is 4.90 Å². The van der Waals surface area contributed by atoms with Crippen molar-refractivity contribution in [2.45, 2.75) is 51.6 Å². The van der Waals surface area contributed by atoms with E-state index in [2.05, 4.69) is 24.0 Å². The molecule has 0 atom stereocenters. The molecule has 1 aromatic rings. The van der Waals surface area contributed by atoms with E-state index in [1.165, 1.54) is 35.4 Å². The SMILES string of the molecule is CCc1ccc(CN(CCN)C2CCCC2)s1. The fourth-order valence-corrected chi connectivity index (χ4v) is 3.71. The molecule has 2 N–H and O–H groups in total. The van der Waals surface area contributed by atoms with E-state index in [0.717, 1.165) is 32.1 Å². The van der Waals surface area contributed by atoms with E-state index in [0.29, 0.717) is 0 Å². The molecule has 1 fully saturated rings. The van der Waals surface area contributed by atoms with Crippen molar-refractivity contribution in [2.24, 2.45) is 5.73 Å². The van der Waals surface area contributed by atoms with Crippen LogP contribution in [0.15, 0.2) is 12.1 Å². The first kappa shape index (κ1) is 13.1. The molecule has 0 saturated heterocycles. The number of rotatable bonds is 6. The van der Waals surface area contributed by atoms with Gasteiger partial charge in [-0.15, -0.1) is 11.3 Å². The molecular weight excluding hydrogens is 228 g/mol. The van der Waals surface area contributed by atoms with Crippen LogP contribution < -0.4 is 5.73 Å². The van der Waals surface area contributed by atoms with Crippen LogP contribution in [-0.4, -0.2) is 24.0 Å². The molecule has 1 saturated carbocycles. The number of nitrogens with zero attached hydrogens (tertiary/aromatic N) is 1. The average molecular weight is 252 g/mol. The quantitative estimate of drug-likeness (QED) is 0.843. The Morgan fingerprint density at radius 3 is 2.59 bits per heavy atom. The van der Waals surface area contributed by atoms with Crippen molar-refractivity contribution in [1.29, 1.82) is 0 Å². The van der Waals surface area contributed by atoms with Crippen LogP contribution in [0.2, 0.25) is 0 Å². The molecular formula is C14H24N2S. The first-order valence-corrected chi connectivity index (χ1v) is 7.67. The third kappa shape index (κ3) is 3.54. The van der Waals surface area contributed by atoms with E-state index in [9.17, 15) is 0 Å². The van der Waals surface area contributed by atoms with Gasteiger partial charge in [0.2, 0.25) is 0 Å². The molecule has 3 heteroatoms. The van der Waals surface area contributed by atoms with Gasteiger partial charge >= 0.3 is 0 Å². The van der Waals surface area contributed by atoms with Crippen LogP contribution in [0, 0.1) is 0 Å². The molecule has 0 aliphatic heterocycles. The van der Waals surface area contributed by atoms with Crippen LogP contribution >= 0.6 is 11.3 Å². The van der Waals surface area contributed by atoms with Gasteiger partial charge in [0.1, 0.15) is 0 Å². The number of nitrogens with two attached hydrogens (primary N) is 1. The van der Waals surface area contributed by atoms with Crippen molar-refractivity contribution in [3.05, 3.63) is 21.9 Å². The second-order valence-electron chi connectivity index (χ2n) is 4.92. The summed E-state index contributed by atoms with van der Waals surface area (Å²) in [6, 6.07) is 5.35. The third-order valence-electron chi connectivity index (χ3n) is 3.68. The molecule has 1 aliphatic carbocycles. The highest BCUT2D eigenvalue weighted by Crippen LogP contribution is 2.26. The summed E-state index contributed by atoms with van der Waals surface area (Å²) >= 11 is 1.96. The van der Waals surface area contributed by atoms with Crippen molar-refractivity contribution in [3.8, 4) is 0 Å². The molecule has 1 aromatic heterocycles. The fraction of sp³-hybridized carbons (Fsp3) is 0.714. The molecule has 2 rings (SSSR count). The largest absolute Gasteiger partial charge is 0.329 e. The first-order chi connectivity index (χ1) is 8.33. The van der Waals surface area contributed by atoms with E-state index in [1.54, 1.807) is 0 Å². The second kappa shape index (κ2) is 6.53. The van der Waals surface area contributed by atoms with Crippen molar-refractivity contribution < 1.29 is 0 Å². The van der Waals surface area contributed by atoms with Crippen LogP contribution in [0.3, 0.4) is 0 Å². The summed E-state index contributed by atoms with van der Waals surface area (Å²) in [4.78, 5) is 5.60. The van der Waals surface area contributed by atoms with Crippen molar-refractivity contribution in [2.75, 3.05) is 13.1 Å². The fourth-order valence-electron chi connectivity index (χ4n) is 2.72. The predicted octanol–water partition coefficient (Wildman–Crippen LogP) is 3.01. The standard InChI is InChI=1S/C14H24N2S/c1-2-13-7-8-14(17-13)11-16(10-9-15)12-5-3-4-6-12/h7-8,12H,2-6,9-11,15H2,1H3. The number of hydrogen-bond acceptors (Lipinski definition) is 3. The summed E-state index contributed by atoms with van der Waals surface area (Å²) in [5.41, 5.74) is 5.74. The predicted molar refractivity (Wildman–Crippen MR) is 75.4 cm³/mol. The minimum atomic E-state index is 0.780. The Bertz CT molecular complexity index is 329. The maximum Gasteiger partial charge on any atom is 0.0331 e. The topological polar surface area (TPSA) is 29.3 Å². The molecule has 0 bridgehead atoms. The lowest BCUT2D eigenvalue weighted by Crippen LogP contribution is -2.36. The van der Waals surface area contributed by atoms with Crippen LogP contribution in [0.25, 0.3) is 0 Å². The monoisotopic (exact) mass is 252 g/mol. The number of hydrogen-bond donors (Lipinski definition) is 1. The normalized spacial score (nSPS) is 17.1. The van der Waals surface area contributed by atoms with Crippen LogP contribution in [0.5, 0.6) is 0 Å². The van der Waals surface area contributed by atoms with E-state index >= 15 is 0 Å². The minimum Gasteiger partial charge on any atom is -0.329 e. The Labute approximate surface area is 109 Å². The molecule has 0 spiro atoms. The van der Waals surface area contributed by atoms with E-state index in [-0.39, 0.29) is 0 Å². The van der Waals surface area contributed by atoms with Gasteiger partial charge in [-0.2, -0.15) is 0 Å². The van der Waals surface area contributed by atoms with Gasteiger partial charge in [0.25, 0.3) is 0 Å². The third-order valence-corrected chi connectivity index (χ3v) is 4.90. The van der Waals surface area contributed by atoms with Gasteiger partial charge in [0.05, 0.1) is 0 Å². The summed E-state index contributed by atoms with van der Waals surface area (Å²) < 4.78 is 0. The molecule has 0 unspecified atom stereocenters. The summed E-state index contributed by atoms with van der Waals surface area (Å²) in [6.07, 6.45) is 6.69. The van der Waals surface area contributed by atoms with Gasteiger partial charge in [-0.25, -0.2) is 0 Å². The Kier molecular flexibility index (Phi) is 5.01. The molecule has 1 aliphatic rings. The highest BCUT2D eigenvalue weighted by molar-refractivity contribution is 7.11. The second-order valence-corrected chi connectivity index (χ2v) is 6.17. The van der Waals surface area contributed by atoms with Crippen molar-refractivity contribution in [1.82, 2.24) is 4.90 Å². The Morgan fingerprint density at radius 1 is 1.29 bits per heavy atom. The molecule has 0 aromatic carbocycles. The van der Waals surface area contributed by atoms with Gasteiger partial charge in [-0.1, -0.05) is 19.8 Å². The zero-order valence-electron chi connectivity index (χ0n) is 10.8. The average Bonchev–Trinajstić information content (AvgIpc) is 2.99. The zero-order valence-corrected chi connectivity index (χ0v) is 11.6. The van der Waals surface area contributed by atoms with Crippen molar-refractivity contribution >= 4 is 11.3 Å². The molecule has 96 valence electrons. The van der Waals surface area contributed by atoms with Crippen LogP contribution in [-0.2, 0) is 13.0 Å². The highest BCUT2D eigenvalue weighted by atomic mass is 32.1. The Balaban J connectivity index is 1.96. The molecule has 2 nitrogen and oxygen atoms in total. The van der Waals surface area contributed by atoms with Gasteiger partial charge in [-0.05, 0) is 31.4 Å². The van der Waals surface area contributed by atoms with E-state index in [4.69, 9.17) is 5.73 Å². The lowest BCUT2D eigenvalue weighted by atomic mass is 10.2. The minimum absolute atomic E-state index is 0.780. The zero-order chi connectivity index (χ0) is 12.1. The van der Waals surface area contributed by atoms with Gasteiger partial charge in [0, 0.05) is 35.4 Å². The van der Waals surface area contributed by atoms with E-state index in [1.807, 2.05) is 11.3 Å². The highest BCUT2D eigenvalue weighted by Gasteiger charge is 2.22. The van der Waals surface area contributed by atoms with Crippen LogP contribution in [0.4, 0.5) is 0 Å². The summed E-state index contributed by atoms with van der Waals surface area (Å²) in [7, 11) is 0. The number of aryl methyl sites for hydroxylation is 1. The number of thiophene rings is 1. The lowest BCUT2D eigenvalue weighted by molar-refractivity contribution is 0.197. The molecule has 0 radical (unpaired) electrons. The van der Waals surface area contributed by atoms with Crippen LogP contribution in [0.1, 0.15) is 42.4 Å². The molecule has 17 heavy (non-hydrogen) atoms.